The first-order chi connectivity index (χ1) is 8.18. The van der Waals surface area contributed by atoms with Gasteiger partial charge in [0.15, 0.2) is 0 Å². The van der Waals surface area contributed by atoms with Crippen molar-refractivity contribution in [3.05, 3.63) is 40.9 Å². The summed E-state index contributed by atoms with van der Waals surface area (Å²) in [4.78, 5) is 10.5. The summed E-state index contributed by atoms with van der Waals surface area (Å²) in [5, 5.41) is 14.0. The van der Waals surface area contributed by atoms with Crippen molar-refractivity contribution in [3.8, 4) is 0 Å². The van der Waals surface area contributed by atoms with E-state index in [0.717, 1.165) is 20.9 Å². The molecule has 0 aliphatic heterocycles. The van der Waals surface area contributed by atoms with Gasteiger partial charge >= 0.3 is 5.97 Å². The van der Waals surface area contributed by atoms with Crippen LogP contribution >= 0.6 is 15.9 Å². The second kappa shape index (κ2) is 5.19. The van der Waals surface area contributed by atoms with Gasteiger partial charge in [-0.3, -0.25) is 4.79 Å². The van der Waals surface area contributed by atoms with Gasteiger partial charge in [-0.05, 0) is 17.5 Å². The number of hydrogen-bond acceptors (Lipinski definition) is 2. The van der Waals surface area contributed by atoms with Gasteiger partial charge in [-0.25, -0.2) is 0 Å². The number of aliphatic carboxylic acids is 1. The van der Waals surface area contributed by atoms with Gasteiger partial charge in [-0.15, -0.1) is 0 Å². The number of anilines is 1. The van der Waals surface area contributed by atoms with Gasteiger partial charge in [0.25, 0.3) is 0 Å². The minimum atomic E-state index is -0.793. The van der Waals surface area contributed by atoms with Crippen LogP contribution in [0.5, 0.6) is 0 Å². The van der Waals surface area contributed by atoms with E-state index in [0.29, 0.717) is 6.54 Å². The first kappa shape index (κ1) is 11.9. The Morgan fingerprint density at radius 2 is 1.88 bits per heavy atom. The Hall–Kier alpha value is -1.55. The van der Waals surface area contributed by atoms with Gasteiger partial charge in [0, 0.05) is 22.1 Å². The highest BCUT2D eigenvalue weighted by Crippen LogP contribution is 2.29. The van der Waals surface area contributed by atoms with E-state index in [2.05, 4.69) is 21.2 Å². The maximum absolute atomic E-state index is 10.5. The smallest absolute Gasteiger partial charge is 0.305 e. The summed E-state index contributed by atoms with van der Waals surface area (Å²) in [6.45, 7) is 0.432. The van der Waals surface area contributed by atoms with Gasteiger partial charge in [0.05, 0.1) is 6.42 Å². The third kappa shape index (κ3) is 2.77. The molecule has 0 spiro atoms. The number of carboxylic acid groups (broad SMARTS) is 1. The first-order valence-electron chi connectivity index (χ1n) is 5.31. The molecule has 0 fully saturated rings. The lowest BCUT2D eigenvalue weighted by Crippen LogP contribution is -2.07. The molecule has 17 heavy (non-hydrogen) atoms. The van der Waals surface area contributed by atoms with Crippen molar-refractivity contribution < 1.29 is 9.90 Å². The van der Waals surface area contributed by atoms with Crippen LogP contribution in [0.4, 0.5) is 5.69 Å². The van der Waals surface area contributed by atoms with E-state index in [1.165, 1.54) is 0 Å². The normalized spacial score (nSPS) is 10.4. The van der Waals surface area contributed by atoms with Crippen molar-refractivity contribution in [2.75, 3.05) is 11.9 Å². The molecule has 0 radical (unpaired) electrons. The van der Waals surface area contributed by atoms with Crippen LogP contribution in [0.15, 0.2) is 40.9 Å². The molecule has 0 amide bonds. The number of carboxylic acids is 1. The molecule has 0 saturated carbocycles. The van der Waals surface area contributed by atoms with Crippen molar-refractivity contribution in [1.82, 2.24) is 0 Å². The van der Waals surface area contributed by atoms with E-state index in [9.17, 15) is 4.79 Å². The lowest BCUT2D eigenvalue weighted by Gasteiger charge is -2.09. The SMILES string of the molecule is O=C(O)CCNc1ccc(Br)c2ccccc12. The maximum Gasteiger partial charge on any atom is 0.305 e. The quantitative estimate of drug-likeness (QED) is 0.907. The molecule has 2 N–H and O–H groups in total. The fourth-order valence-corrected chi connectivity index (χ4v) is 2.20. The zero-order chi connectivity index (χ0) is 12.3. The predicted octanol–water partition coefficient (Wildman–Crippen LogP) is 3.49. The lowest BCUT2D eigenvalue weighted by atomic mass is 10.1. The molecule has 4 heteroatoms. The van der Waals surface area contributed by atoms with Crippen LogP contribution in [0.3, 0.4) is 0 Å². The molecular formula is C13H12BrNO2. The van der Waals surface area contributed by atoms with Gasteiger partial charge in [-0.1, -0.05) is 40.2 Å². The van der Waals surface area contributed by atoms with Crippen LogP contribution in [0.2, 0.25) is 0 Å². The molecule has 2 aromatic carbocycles. The summed E-state index contributed by atoms with van der Waals surface area (Å²) in [6.07, 6.45) is 0.115. The van der Waals surface area contributed by atoms with Gasteiger partial charge < -0.3 is 10.4 Å². The Bertz CT molecular complexity index is 554. The Labute approximate surface area is 108 Å². The number of nitrogens with one attached hydrogen (secondary N) is 1. The molecule has 0 saturated heterocycles. The van der Waals surface area contributed by atoms with Crippen LogP contribution in [0, 0.1) is 0 Å². The number of fused-ring (bicyclic) bond motifs is 1. The van der Waals surface area contributed by atoms with Crippen LogP contribution in [-0.4, -0.2) is 17.6 Å². The van der Waals surface area contributed by atoms with E-state index in [4.69, 9.17) is 5.11 Å². The molecule has 0 bridgehead atoms. The fraction of sp³-hybridized carbons (Fsp3) is 0.154. The highest BCUT2D eigenvalue weighted by atomic mass is 79.9. The Kier molecular flexibility index (Phi) is 3.64. The first-order valence-corrected chi connectivity index (χ1v) is 6.10. The van der Waals surface area contributed by atoms with Crippen LogP contribution in [0.1, 0.15) is 6.42 Å². The summed E-state index contributed by atoms with van der Waals surface area (Å²) < 4.78 is 1.04. The van der Waals surface area contributed by atoms with Gasteiger partial charge in [0.1, 0.15) is 0 Å². The van der Waals surface area contributed by atoms with Gasteiger partial charge in [-0.2, -0.15) is 0 Å². The van der Waals surface area contributed by atoms with Crippen molar-refractivity contribution in [3.63, 3.8) is 0 Å². The molecule has 0 aliphatic carbocycles. The van der Waals surface area contributed by atoms with Crippen LogP contribution in [-0.2, 0) is 4.79 Å². The molecular weight excluding hydrogens is 282 g/mol. The van der Waals surface area contributed by atoms with E-state index < -0.39 is 5.97 Å². The number of carbonyl (C=O) groups is 1. The molecule has 0 unspecified atom stereocenters. The maximum atomic E-state index is 10.5. The Balaban J connectivity index is 2.28. The highest BCUT2D eigenvalue weighted by Gasteiger charge is 2.04. The number of hydrogen-bond donors (Lipinski definition) is 2. The Morgan fingerprint density at radius 1 is 1.18 bits per heavy atom. The lowest BCUT2D eigenvalue weighted by molar-refractivity contribution is -0.136. The van der Waals surface area contributed by atoms with Crippen molar-refractivity contribution in [2.45, 2.75) is 6.42 Å². The minimum absolute atomic E-state index is 0.115. The van der Waals surface area contributed by atoms with E-state index in [1.807, 2.05) is 36.4 Å². The van der Waals surface area contributed by atoms with Crippen LogP contribution in [0.25, 0.3) is 10.8 Å². The molecule has 0 heterocycles. The zero-order valence-electron chi connectivity index (χ0n) is 9.11. The zero-order valence-corrected chi connectivity index (χ0v) is 10.7. The highest BCUT2D eigenvalue weighted by molar-refractivity contribution is 9.10. The van der Waals surface area contributed by atoms with E-state index in [-0.39, 0.29) is 6.42 Å². The monoisotopic (exact) mass is 293 g/mol. The third-order valence-electron chi connectivity index (χ3n) is 2.53. The number of rotatable bonds is 4. The van der Waals surface area contributed by atoms with Gasteiger partial charge in [0.2, 0.25) is 0 Å². The average Bonchev–Trinajstić information content (AvgIpc) is 2.32. The summed E-state index contributed by atoms with van der Waals surface area (Å²) in [5.41, 5.74) is 0.963. The minimum Gasteiger partial charge on any atom is -0.481 e. The number of halogens is 1. The third-order valence-corrected chi connectivity index (χ3v) is 3.22. The summed E-state index contributed by atoms with van der Waals surface area (Å²) in [6, 6.07) is 11.9. The average molecular weight is 294 g/mol. The second-order valence-electron chi connectivity index (χ2n) is 3.71. The van der Waals surface area contributed by atoms with Crippen molar-refractivity contribution in [1.29, 1.82) is 0 Å². The molecule has 88 valence electrons. The largest absolute Gasteiger partial charge is 0.481 e. The summed E-state index contributed by atoms with van der Waals surface area (Å²) in [7, 11) is 0. The number of benzene rings is 2. The predicted molar refractivity (Wildman–Crippen MR) is 72.4 cm³/mol. The summed E-state index contributed by atoms with van der Waals surface area (Å²) in [5.74, 6) is -0.793. The second-order valence-corrected chi connectivity index (χ2v) is 4.57. The molecule has 2 rings (SSSR count). The standard InChI is InChI=1S/C13H12BrNO2/c14-11-5-6-12(15-8-7-13(16)17)10-4-2-1-3-9(10)11/h1-6,15H,7-8H2,(H,16,17). The van der Waals surface area contributed by atoms with Crippen molar-refractivity contribution >= 4 is 38.4 Å². The topological polar surface area (TPSA) is 49.3 Å². The summed E-state index contributed by atoms with van der Waals surface area (Å²) >= 11 is 3.50. The van der Waals surface area contributed by atoms with E-state index in [1.54, 1.807) is 0 Å². The molecule has 2 aromatic rings. The Morgan fingerprint density at radius 3 is 2.59 bits per heavy atom. The molecule has 0 aromatic heterocycles. The van der Waals surface area contributed by atoms with Crippen molar-refractivity contribution in [2.24, 2.45) is 0 Å². The van der Waals surface area contributed by atoms with Crippen LogP contribution < -0.4 is 5.32 Å². The molecule has 0 aliphatic rings. The molecule has 0 atom stereocenters. The fourth-order valence-electron chi connectivity index (χ4n) is 1.72. The molecule has 3 nitrogen and oxygen atoms in total. The van der Waals surface area contributed by atoms with E-state index >= 15 is 0 Å².